The third-order valence-electron chi connectivity index (χ3n) is 2.97. The molecule has 1 N–H and O–H groups in total. The molecule has 96 valence electrons. The quantitative estimate of drug-likeness (QED) is 0.867. The number of nitrogens with one attached hydrogen (secondary N) is 1. The van der Waals surface area contributed by atoms with Crippen LogP contribution in [0.5, 0.6) is 0 Å². The number of hydrogen-bond donors (Lipinski definition) is 1. The van der Waals surface area contributed by atoms with Crippen LogP contribution < -0.4 is 5.32 Å². The number of aryl methyl sites for hydroxylation is 1. The van der Waals surface area contributed by atoms with Gasteiger partial charge in [0.25, 0.3) is 0 Å². The minimum Gasteiger partial charge on any atom is -0.469 e. The second-order valence-electron chi connectivity index (χ2n) is 4.53. The number of hydrogen-bond acceptors (Lipinski definition) is 2. The highest BCUT2D eigenvalue weighted by Gasteiger charge is 2.03. The Hall–Kier alpha value is -1.06. The molecule has 0 aliphatic carbocycles. The van der Waals surface area contributed by atoms with E-state index in [1.165, 1.54) is 5.56 Å². The van der Waals surface area contributed by atoms with Crippen LogP contribution in [-0.4, -0.2) is 6.04 Å². The number of benzene rings is 1. The van der Waals surface area contributed by atoms with Gasteiger partial charge in [0.1, 0.15) is 5.76 Å². The van der Waals surface area contributed by atoms with Gasteiger partial charge in [0, 0.05) is 23.5 Å². The zero-order valence-electron chi connectivity index (χ0n) is 10.5. The maximum absolute atomic E-state index is 5.33. The van der Waals surface area contributed by atoms with Crippen molar-refractivity contribution in [2.24, 2.45) is 0 Å². The van der Waals surface area contributed by atoms with E-state index in [2.05, 4.69) is 52.4 Å². The summed E-state index contributed by atoms with van der Waals surface area (Å²) in [5.74, 6) is 1.06. The van der Waals surface area contributed by atoms with E-state index in [0.29, 0.717) is 6.04 Å². The van der Waals surface area contributed by atoms with Gasteiger partial charge in [-0.05, 0) is 43.2 Å². The van der Waals surface area contributed by atoms with Crippen LogP contribution in [0.15, 0.2) is 51.6 Å². The number of halogens is 1. The summed E-state index contributed by atoms with van der Waals surface area (Å²) in [5, 5.41) is 3.52. The molecule has 0 saturated carbocycles. The molecular formula is C15H18BrNO. The van der Waals surface area contributed by atoms with Crippen LogP contribution in [0, 0.1) is 0 Å². The fourth-order valence-electron chi connectivity index (χ4n) is 1.81. The van der Waals surface area contributed by atoms with Crippen molar-refractivity contribution in [3.63, 3.8) is 0 Å². The Morgan fingerprint density at radius 3 is 2.67 bits per heavy atom. The molecule has 2 aromatic rings. The molecule has 1 aromatic heterocycles. The minimum absolute atomic E-state index is 0.485. The van der Waals surface area contributed by atoms with Crippen LogP contribution in [0.3, 0.4) is 0 Å². The zero-order chi connectivity index (χ0) is 12.8. The van der Waals surface area contributed by atoms with E-state index < -0.39 is 0 Å². The van der Waals surface area contributed by atoms with Crippen LogP contribution in [0.1, 0.15) is 24.7 Å². The Morgan fingerprint density at radius 2 is 2.00 bits per heavy atom. The molecule has 1 unspecified atom stereocenters. The van der Waals surface area contributed by atoms with Crippen LogP contribution in [0.2, 0.25) is 0 Å². The van der Waals surface area contributed by atoms with E-state index in [1.54, 1.807) is 6.26 Å². The van der Waals surface area contributed by atoms with Crippen molar-refractivity contribution in [3.8, 4) is 0 Å². The molecule has 0 fully saturated rings. The third-order valence-corrected chi connectivity index (χ3v) is 3.50. The molecule has 2 nitrogen and oxygen atoms in total. The van der Waals surface area contributed by atoms with Crippen molar-refractivity contribution in [1.82, 2.24) is 5.32 Å². The molecule has 1 heterocycles. The van der Waals surface area contributed by atoms with Gasteiger partial charge < -0.3 is 9.73 Å². The van der Waals surface area contributed by atoms with Gasteiger partial charge in [0.15, 0.2) is 0 Å². The summed E-state index contributed by atoms with van der Waals surface area (Å²) in [7, 11) is 0. The van der Waals surface area contributed by atoms with Crippen LogP contribution in [0.4, 0.5) is 0 Å². The van der Waals surface area contributed by atoms with Gasteiger partial charge in [-0.25, -0.2) is 0 Å². The molecule has 18 heavy (non-hydrogen) atoms. The Morgan fingerprint density at radius 1 is 1.22 bits per heavy atom. The molecule has 1 aromatic carbocycles. The summed E-state index contributed by atoms with van der Waals surface area (Å²) in [6.45, 7) is 3.12. The first-order chi connectivity index (χ1) is 8.74. The Bertz CT molecular complexity index is 450. The van der Waals surface area contributed by atoms with Crippen molar-refractivity contribution < 1.29 is 4.42 Å². The fraction of sp³-hybridized carbons (Fsp3) is 0.333. The van der Waals surface area contributed by atoms with Crippen molar-refractivity contribution in [2.75, 3.05) is 0 Å². The molecule has 0 amide bonds. The summed E-state index contributed by atoms with van der Waals surface area (Å²) in [5.41, 5.74) is 1.31. The van der Waals surface area contributed by atoms with E-state index in [1.807, 2.05) is 12.1 Å². The predicted molar refractivity (Wildman–Crippen MR) is 77.5 cm³/mol. The maximum Gasteiger partial charge on any atom is 0.103 e. The highest BCUT2D eigenvalue weighted by Crippen LogP contribution is 2.11. The third kappa shape index (κ3) is 4.31. The molecule has 0 saturated heterocycles. The van der Waals surface area contributed by atoms with Crippen molar-refractivity contribution >= 4 is 15.9 Å². The molecular weight excluding hydrogens is 290 g/mol. The lowest BCUT2D eigenvalue weighted by Crippen LogP contribution is -2.25. The second kappa shape index (κ2) is 6.76. The van der Waals surface area contributed by atoms with Gasteiger partial charge in [0.2, 0.25) is 0 Å². The second-order valence-corrected chi connectivity index (χ2v) is 5.44. The van der Waals surface area contributed by atoms with Gasteiger partial charge >= 0.3 is 0 Å². The molecule has 3 heteroatoms. The van der Waals surface area contributed by atoms with Gasteiger partial charge in [-0.2, -0.15) is 0 Å². The first kappa shape index (κ1) is 13.4. The lowest BCUT2D eigenvalue weighted by atomic mass is 10.1. The first-order valence-corrected chi connectivity index (χ1v) is 7.03. The van der Waals surface area contributed by atoms with Gasteiger partial charge in [-0.1, -0.05) is 28.1 Å². The number of furan rings is 1. The molecule has 0 radical (unpaired) electrons. The van der Waals surface area contributed by atoms with Gasteiger partial charge in [-0.3, -0.25) is 0 Å². The highest BCUT2D eigenvalue weighted by atomic mass is 79.9. The van der Waals surface area contributed by atoms with Crippen LogP contribution >= 0.6 is 15.9 Å². The molecule has 0 aliphatic rings. The molecule has 0 aliphatic heterocycles. The summed E-state index contributed by atoms with van der Waals surface area (Å²) in [4.78, 5) is 0. The summed E-state index contributed by atoms with van der Waals surface area (Å²) >= 11 is 3.44. The monoisotopic (exact) mass is 307 g/mol. The van der Waals surface area contributed by atoms with E-state index >= 15 is 0 Å². The van der Waals surface area contributed by atoms with Gasteiger partial charge in [-0.15, -0.1) is 0 Å². The normalized spacial score (nSPS) is 12.6. The van der Waals surface area contributed by atoms with E-state index in [4.69, 9.17) is 4.42 Å². The summed E-state index contributed by atoms with van der Waals surface area (Å²) in [6, 6.07) is 12.9. The van der Waals surface area contributed by atoms with E-state index in [-0.39, 0.29) is 0 Å². The average Bonchev–Trinajstić information content (AvgIpc) is 2.89. The minimum atomic E-state index is 0.485. The maximum atomic E-state index is 5.33. The molecule has 2 rings (SSSR count). The SMILES string of the molecule is CC(CCc1ccco1)NCc1ccc(Br)cc1. The first-order valence-electron chi connectivity index (χ1n) is 6.24. The van der Waals surface area contributed by atoms with Crippen molar-refractivity contribution in [2.45, 2.75) is 32.4 Å². The topological polar surface area (TPSA) is 25.2 Å². The summed E-state index contributed by atoms with van der Waals surface area (Å²) < 4.78 is 6.45. The lowest BCUT2D eigenvalue weighted by Gasteiger charge is -2.13. The Labute approximate surface area is 117 Å². The zero-order valence-corrected chi connectivity index (χ0v) is 12.1. The molecule has 1 atom stereocenters. The van der Waals surface area contributed by atoms with E-state index in [0.717, 1.165) is 29.6 Å². The highest BCUT2D eigenvalue weighted by molar-refractivity contribution is 9.10. The number of rotatable bonds is 6. The Kier molecular flexibility index (Phi) is 5.02. The van der Waals surface area contributed by atoms with Crippen LogP contribution in [-0.2, 0) is 13.0 Å². The largest absolute Gasteiger partial charge is 0.469 e. The summed E-state index contributed by atoms with van der Waals surface area (Å²) in [6.07, 6.45) is 3.81. The smallest absolute Gasteiger partial charge is 0.103 e. The predicted octanol–water partition coefficient (Wildman–Crippen LogP) is 4.15. The Balaban J connectivity index is 1.71. The van der Waals surface area contributed by atoms with Crippen LogP contribution in [0.25, 0.3) is 0 Å². The molecule has 0 spiro atoms. The van der Waals surface area contributed by atoms with E-state index in [9.17, 15) is 0 Å². The van der Waals surface area contributed by atoms with Crippen molar-refractivity contribution in [3.05, 3.63) is 58.5 Å². The standard InChI is InChI=1S/C15H18BrNO/c1-12(4-9-15-3-2-10-18-15)17-11-13-5-7-14(16)8-6-13/h2-3,5-8,10,12,17H,4,9,11H2,1H3. The average molecular weight is 308 g/mol. The van der Waals surface area contributed by atoms with Crippen molar-refractivity contribution in [1.29, 1.82) is 0 Å². The fourth-order valence-corrected chi connectivity index (χ4v) is 2.07. The van der Waals surface area contributed by atoms with Gasteiger partial charge in [0.05, 0.1) is 6.26 Å². The molecule has 0 bridgehead atoms. The lowest BCUT2D eigenvalue weighted by molar-refractivity contribution is 0.460.